The molecule has 0 bridgehead atoms. The van der Waals surface area contributed by atoms with E-state index in [-0.39, 0.29) is 24.9 Å². The molecule has 2 aromatic rings. The first-order chi connectivity index (χ1) is 10.6. The third kappa shape index (κ3) is 5.78. The van der Waals surface area contributed by atoms with E-state index in [0.717, 1.165) is 12.2 Å². The van der Waals surface area contributed by atoms with Crippen LogP contribution in [0, 0.1) is 0 Å². The molecule has 0 unspecified atom stereocenters. The van der Waals surface area contributed by atoms with Gasteiger partial charge in [-0.15, -0.1) is 12.4 Å². The van der Waals surface area contributed by atoms with Gasteiger partial charge in [-0.3, -0.25) is 4.79 Å². The second-order valence-electron chi connectivity index (χ2n) is 4.89. The van der Waals surface area contributed by atoms with Crippen LogP contribution in [0.4, 0.5) is 0 Å². The molecule has 0 saturated heterocycles. The van der Waals surface area contributed by atoms with E-state index in [2.05, 4.69) is 0 Å². The van der Waals surface area contributed by atoms with Gasteiger partial charge in [0.05, 0.1) is 18.7 Å². The first kappa shape index (κ1) is 19.4. The SMILES string of the molecule is CN(CCCOc1ccc(Cl)cc1)C(=O)c1coc(CN)c1.Cl. The number of ether oxygens (including phenoxy) is 1. The Morgan fingerprint density at radius 2 is 2.04 bits per heavy atom. The molecule has 2 rings (SSSR count). The van der Waals surface area contributed by atoms with Crippen molar-refractivity contribution in [2.75, 3.05) is 20.2 Å². The Bertz CT molecular complexity index is 614. The molecule has 0 spiro atoms. The zero-order valence-corrected chi connectivity index (χ0v) is 14.4. The standard InChI is InChI=1S/C16H19ClN2O3.ClH/c1-19(16(20)12-9-15(10-18)22-11-12)7-2-8-21-14-5-3-13(17)4-6-14;/h3-6,9,11H,2,7-8,10,18H2,1H3;1H. The van der Waals surface area contributed by atoms with Gasteiger partial charge in [-0.2, -0.15) is 0 Å². The predicted octanol–water partition coefficient (Wildman–Crippen LogP) is 3.35. The molecule has 0 aliphatic heterocycles. The molecule has 0 fully saturated rings. The van der Waals surface area contributed by atoms with Crippen molar-refractivity contribution in [1.82, 2.24) is 4.90 Å². The van der Waals surface area contributed by atoms with E-state index in [1.807, 2.05) is 12.1 Å². The summed E-state index contributed by atoms with van der Waals surface area (Å²) in [5.41, 5.74) is 5.97. The van der Waals surface area contributed by atoms with E-state index in [9.17, 15) is 4.79 Å². The fourth-order valence-corrected chi connectivity index (χ4v) is 2.07. The van der Waals surface area contributed by atoms with Crippen LogP contribution in [0.15, 0.2) is 41.0 Å². The highest BCUT2D eigenvalue weighted by Gasteiger charge is 2.14. The Balaban J connectivity index is 0.00000264. The molecule has 7 heteroatoms. The van der Waals surface area contributed by atoms with Crippen LogP contribution in [0.25, 0.3) is 0 Å². The van der Waals surface area contributed by atoms with Crippen LogP contribution < -0.4 is 10.5 Å². The van der Waals surface area contributed by atoms with E-state index in [1.165, 1.54) is 6.26 Å². The lowest BCUT2D eigenvalue weighted by Crippen LogP contribution is -2.28. The number of furan rings is 1. The number of carbonyl (C=O) groups excluding carboxylic acids is 1. The summed E-state index contributed by atoms with van der Waals surface area (Å²) in [7, 11) is 1.75. The van der Waals surface area contributed by atoms with Crippen LogP contribution in [0.3, 0.4) is 0 Å². The summed E-state index contributed by atoms with van der Waals surface area (Å²) in [5.74, 6) is 1.28. The summed E-state index contributed by atoms with van der Waals surface area (Å²) in [4.78, 5) is 13.8. The largest absolute Gasteiger partial charge is 0.494 e. The minimum atomic E-state index is -0.0880. The number of hydrogen-bond donors (Lipinski definition) is 1. The Morgan fingerprint density at radius 1 is 1.35 bits per heavy atom. The van der Waals surface area contributed by atoms with Gasteiger partial charge in [-0.1, -0.05) is 11.6 Å². The highest BCUT2D eigenvalue weighted by atomic mass is 35.5. The monoisotopic (exact) mass is 358 g/mol. The van der Waals surface area contributed by atoms with Crippen LogP contribution in [0.5, 0.6) is 5.75 Å². The van der Waals surface area contributed by atoms with E-state index in [4.69, 9.17) is 26.5 Å². The molecule has 2 N–H and O–H groups in total. The fraction of sp³-hybridized carbons (Fsp3) is 0.312. The smallest absolute Gasteiger partial charge is 0.256 e. The molecule has 1 heterocycles. The van der Waals surface area contributed by atoms with Gasteiger partial charge in [0.25, 0.3) is 5.91 Å². The van der Waals surface area contributed by atoms with Gasteiger partial charge in [0.2, 0.25) is 0 Å². The van der Waals surface area contributed by atoms with E-state index < -0.39 is 0 Å². The molecular formula is C16H20Cl2N2O3. The van der Waals surface area contributed by atoms with Gasteiger partial charge in [0.1, 0.15) is 17.8 Å². The van der Waals surface area contributed by atoms with Crippen molar-refractivity contribution in [3.05, 3.63) is 52.9 Å². The zero-order valence-electron chi connectivity index (χ0n) is 12.8. The highest BCUT2D eigenvalue weighted by molar-refractivity contribution is 6.30. The summed E-state index contributed by atoms with van der Waals surface area (Å²) in [6, 6.07) is 8.86. The van der Waals surface area contributed by atoms with Gasteiger partial charge < -0.3 is 19.8 Å². The summed E-state index contributed by atoms with van der Waals surface area (Å²) < 4.78 is 10.8. The third-order valence-corrected chi connectivity index (χ3v) is 3.42. The fourth-order valence-electron chi connectivity index (χ4n) is 1.94. The molecule has 0 radical (unpaired) electrons. The van der Waals surface area contributed by atoms with Gasteiger partial charge in [-0.25, -0.2) is 0 Å². The number of rotatable bonds is 7. The third-order valence-electron chi connectivity index (χ3n) is 3.17. The predicted molar refractivity (Wildman–Crippen MR) is 92.4 cm³/mol. The van der Waals surface area contributed by atoms with Crippen LogP contribution in [0.1, 0.15) is 22.5 Å². The summed E-state index contributed by atoms with van der Waals surface area (Å²) in [5, 5.41) is 0.676. The minimum Gasteiger partial charge on any atom is -0.494 e. The maximum atomic E-state index is 12.1. The molecule has 0 saturated carbocycles. The van der Waals surface area contributed by atoms with Crippen molar-refractivity contribution in [2.24, 2.45) is 5.73 Å². The molecular weight excluding hydrogens is 339 g/mol. The normalized spacial score (nSPS) is 10.0. The Hall–Kier alpha value is -1.69. The topological polar surface area (TPSA) is 68.7 Å². The Labute approximate surface area is 146 Å². The molecule has 1 aromatic carbocycles. The minimum absolute atomic E-state index is 0. The number of nitrogens with two attached hydrogens (primary N) is 1. The van der Waals surface area contributed by atoms with Crippen LogP contribution in [0.2, 0.25) is 5.02 Å². The van der Waals surface area contributed by atoms with E-state index in [0.29, 0.717) is 29.5 Å². The van der Waals surface area contributed by atoms with E-state index in [1.54, 1.807) is 30.1 Å². The van der Waals surface area contributed by atoms with Crippen molar-refractivity contribution in [1.29, 1.82) is 0 Å². The number of hydrogen-bond acceptors (Lipinski definition) is 4. The summed E-state index contributed by atoms with van der Waals surface area (Å²) >= 11 is 5.80. The van der Waals surface area contributed by atoms with Crippen molar-refractivity contribution in [2.45, 2.75) is 13.0 Å². The molecule has 0 aliphatic carbocycles. The Morgan fingerprint density at radius 3 is 2.65 bits per heavy atom. The van der Waals surface area contributed by atoms with Crippen molar-refractivity contribution in [3.8, 4) is 5.75 Å². The molecule has 1 amide bonds. The average Bonchev–Trinajstić information content (AvgIpc) is 3.01. The van der Waals surface area contributed by atoms with Gasteiger partial charge in [0, 0.05) is 18.6 Å². The second kappa shape index (κ2) is 9.45. The van der Waals surface area contributed by atoms with Crippen LogP contribution >= 0.6 is 24.0 Å². The average molecular weight is 359 g/mol. The van der Waals surface area contributed by atoms with Gasteiger partial charge in [0.15, 0.2) is 0 Å². The quantitative estimate of drug-likeness (QED) is 0.770. The van der Waals surface area contributed by atoms with Crippen LogP contribution in [-0.2, 0) is 6.54 Å². The lowest BCUT2D eigenvalue weighted by Gasteiger charge is -2.16. The summed E-state index contributed by atoms with van der Waals surface area (Å²) in [6.45, 7) is 1.40. The zero-order chi connectivity index (χ0) is 15.9. The molecule has 126 valence electrons. The maximum absolute atomic E-state index is 12.1. The molecule has 1 aromatic heterocycles. The van der Waals surface area contributed by atoms with Crippen LogP contribution in [-0.4, -0.2) is 31.0 Å². The molecule has 0 atom stereocenters. The first-order valence-corrected chi connectivity index (χ1v) is 7.39. The van der Waals surface area contributed by atoms with Crippen molar-refractivity contribution < 1.29 is 13.9 Å². The van der Waals surface area contributed by atoms with Crippen molar-refractivity contribution in [3.63, 3.8) is 0 Å². The lowest BCUT2D eigenvalue weighted by atomic mass is 10.2. The number of carbonyl (C=O) groups is 1. The molecule has 5 nitrogen and oxygen atoms in total. The number of halogens is 2. The number of benzene rings is 1. The van der Waals surface area contributed by atoms with E-state index >= 15 is 0 Å². The highest BCUT2D eigenvalue weighted by Crippen LogP contribution is 2.15. The lowest BCUT2D eigenvalue weighted by molar-refractivity contribution is 0.0787. The number of nitrogens with zero attached hydrogens (tertiary/aromatic N) is 1. The first-order valence-electron chi connectivity index (χ1n) is 7.01. The van der Waals surface area contributed by atoms with Crippen molar-refractivity contribution >= 4 is 29.9 Å². The number of amides is 1. The molecule has 0 aliphatic rings. The summed E-state index contributed by atoms with van der Waals surface area (Å²) in [6.07, 6.45) is 2.16. The molecule has 23 heavy (non-hydrogen) atoms. The maximum Gasteiger partial charge on any atom is 0.256 e. The Kier molecular flexibility index (Phi) is 7.95. The van der Waals surface area contributed by atoms with Gasteiger partial charge in [-0.05, 0) is 36.8 Å². The second-order valence-corrected chi connectivity index (χ2v) is 5.32. The van der Waals surface area contributed by atoms with Gasteiger partial charge >= 0.3 is 0 Å².